The zero-order chi connectivity index (χ0) is 17.9. The van der Waals surface area contributed by atoms with Crippen molar-refractivity contribution >= 4 is 21.9 Å². The van der Waals surface area contributed by atoms with E-state index in [0.29, 0.717) is 30.1 Å². The number of aliphatic imine (C=N–C) groups is 1. The second-order valence-electron chi connectivity index (χ2n) is 5.79. The highest BCUT2D eigenvalue weighted by Gasteiger charge is 2.27. The van der Waals surface area contributed by atoms with Gasteiger partial charge in [0.25, 0.3) is 0 Å². The molecule has 2 aromatic carbocycles. The van der Waals surface area contributed by atoms with E-state index in [1.165, 1.54) is 16.6 Å². The van der Waals surface area contributed by atoms with Gasteiger partial charge in [-0.1, -0.05) is 6.07 Å². The molecule has 1 aliphatic heterocycles. The van der Waals surface area contributed by atoms with E-state index in [0.717, 1.165) is 12.8 Å². The zero-order valence-corrected chi connectivity index (χ0v) is 14.7. The molecule has 0 atom stereocenters. The number of aromatic hydroxyl groups is 1. The Morgan fingerprint density at radius 2 is 1.92 bits per heavy atom. The number of sulfonamides is 1. The van der Waals surface area contributed by atoms with Crippen molar-refractivity contribution in [3.8, 4) is 11.5 Å². The Morgan fingerprint density at radius 1 is 1.16 bits per heavy atom. The summed E-state index contributed by atoms with van der Waals surface area (Å²) < 4.78 is 31.9. The lowest BCUT2D eigenvalue weighted by atomic mass is 10.2. The van der Waals surface area contributed by atoms with Crippen LogP contribution in [0.1, 0.15) is 18.4 Å². The maximum Gasteiger partial charge on any atom is 0.243 e. The quantitative estimate of drug-likeness (QED) is 0.832. The third-order valence-electron chi connectivity index (χ3n) is 4.11. The summed E-state index contributed by atoms with van der Waals surface area (Å²) in [6.45, 7) is 1.13. The first-order chi connectivity index (χ1) is 12.0. The molecule has 1 fully saturated rings. The lowest BCUT2D eigenvalue weighted by molar-refractivity contribution is 0.412. The third kappa shape index (κ3) is 3.83. The number of phenolic OH excluding ortho intramolecular Hbond substituents is 1. The number of phenols is 1. The van der Waals surface area contributed by atoms with Crippen LogP contribution in [0, 0.1) is 0 Å². The Hall–Kier alpha value is -2.38. The fraction of sp³-hybridized carbons (Fsp3) is 0.278. The molecule has 0 unspecified atom stereocenters. The van der Waals surface area contributed by atoms with Gasteiger partial charge in [0.05, 0.1) is 17.7 Å². The van der Waals surface area contributed by atoms with Crippen molar-refractivity contribution in [3.05, 3.63) is 48.0 Å². The normalized spacial score (nSPS) is 15.7. The first-order valence-electron chi connectivity index (χ1n) is 8.02. The van der Waals surface area contributed by atoms with Gasteiger partial charge >= 0.3 is 0 Å². The number of benzene rings is 2. The van der Waals surface area contributed by atoms with Crippen molar-refractivity contribution in [1.29, 1.82) is 0 Å². The highest BCUT2D eigenvalue weighted by Crippen LogP contribution is 2.25. The van der Waals surface area contributed by atoms with Crippen molar-refractivity contribution in [1.82, 2.24) is 4.31 Å². The summed E-state index contributed by atoms with van der Waals surface area (Å²) in [5.74, 6) is 0.676. The first kappa shape index (κ1) is 17.4. The average molecular weight is 360 g/mol. The van der Waals surface area contributed by atoms with Gasteiger partial charge in [-0.25, -0.2) is 8.42 Å². The molecule has 3 rings (SSSR count). The number of nitrogens with zero attached hydrogens (tertiary/aromatic N) is 2. The van der Waals surface area contributed by atoms with Crippen LogP contribution in [0.25, 0.3) is 0 Å². The Bertz CT molecular complexity index is 888. The smallest absolute Gasteiger partial charge is 0.243 e. The van der Waals surface area contributed by atoms with E-state index in [2.05, 4.69) is 4.99 Å². The van der Waals surface area contributed by atoms with Gasteiger partial charge in [0.15, 0.2) is 0 Å². The van der Waals surface area contributed by atoms with Gasteiger partial charge in [-0.3, -0.25) is 4.99 Å². The van der Waals surface area contributed by atoms with E-state index in [9.17, 15) is 13.5 Å². The molecule has 0 amide bonds. The maximum atomic E-state index is 12.6. The topological polar surface area (TPSA) is 79.2 Å². The lowest BCUT2D eigenvalue weighted by Crippen LogP contribution is -2.27. The molecule has 1 saturated heterocycles. The lowest BCUT2D eigenvalue weighted by Gasteiger charge is -2.15. The molecule has 0 aliphatic carbocycles. The summed E-state index contributed by atoms with van der Waals surface area (Å²) in [4.78, 5) is 4.53. The minimum Gasteiger partial charge on any atom is -0.507 e. The predicted molar refractivity (Wildman–Crippen MR) is 96.3 cm³/mol. The number of methoxy groups -OCH3 is 1. The van der Waals surface area contributed by atoms with E-state index in [-0.39, 0.29) is 10.6 Å². The van der Waals surface area contributed by atoms with Crippen LogP contribution in [0.15, 0.2) is 52.4 Å². The molecule has 1 N–H and O–H groups in total. The molecular weight excluding hydrogens is 340 g/mol. The third-order valence-corrected chi connectivity index (χ3v) is 6.00. The van der Waals surface area contributed by atoms with E-state index in [1.807, 2.05) is 0 Å². The highest BCUT2D eigenvalue weighted by molar-refractivity contribution is 7.89. The maximum absolute atomic E-state index is 12.6. The van der Waals surface area contributed by atoms with Gasteiger partial charge in [-0.05, 0) is 49.2 Å². The number of rotatable bonds is 5. The van der Waals surface area contributed by atoms with Crippen molar-refractivity contribution in [2.45, 2.75) is 17.7 Å². The van der Waals surface area contributed by atoms with E-state index in [4.69, 9.17) is 4.74 Å². The fourth-order valence-corrected chi connectivity index (χ4v) is 4.27. The molecule has 0 spiro atoms. The van der Waals surface area contributed by atoms with Crippen molar-refractivity contribution in [2.75, 3.05) is 20.2 Å². The minimum absolute atomic E-state index is 0.0744. The van der Waals surface area contributed by atoms with Gasteiger partial charge in [0.2, 0.25) is 10.0 Å². The molecule has 25 heavy (non-hydrogen) atoms. The molecule has 1 heterocycles. The molecule has 7 heteroatoms. The Labute approximate surface area is 147 Å². The second kappa shape index (κ2) is 7.25. The summed E-state index contributed by atoms with van der Waals surface area (Å²) in [5.41, 5.74) is 0.995. The second-order valence-corrected chi connectivity index (χ2v) is 7.73. The molecule has 6 nitrogen and oxygen atoms in total. The molecule has 0 saturated carbocycles. The molecule has 0 bridgehead atoms. The zero-order valence-electron chi connectivity index (χ0n) is 13.9. The minimum atomic E-state index is -3.47. The molecule has 0 radical (unpaired) electrons. The van der Waals surface area contributed by atoms with E-state index < -0.39 is 10.0 Å². The number of ether oxygens (including phenoxy) is 1. The monoisotopic (exact) mass is 360 g/mol. The van der Waals surface area contributed by atoms with Crippen LogP contribution < -0.4 is 4.74 Å². The first-order valence-corrected chi connectivity index (χ1v) is 9.46. The Morgan fingerprint density at radius 3 is 2.64 bits per heavy atom. The fourth-order valence-electron chi connectivity index (χ4n) is 2.71. The summed E-state index contributed by atoms with van der Waals surface area (Å²) in [5, 5.41) is 9.89. The highest BCUT2D eigenvalue weighted by atomic mass is 32.2. The standard InChI is InChI=1S/C18H20N2O4S/c1-24-16-7-8-18(21)14(11-16)13-19-15-5-4-6-17(12-15)25(22,23)20-9-2-3-10-20/h4-8,11-13,21H,2-3,9-10H2,1H3. The van der Waals surface area contributed by atoms with Crippen LogP contribution in [-0.2, 0) is 10.0 Å². The summed E-state index contributed by atoms with van der Waals surface area (Å²) in [7, 11) is -1.93. The van der Waals surface area contributed by atoms with Crippen LogP contribution in [0.3, 0.4) is 0 Å². The molecular formula is C18H20N2O4S. The van der Waals surface area contributed by atoms with Crippen LogP contribution in [-0.4, -0.2) is 44.2 Å². The largest absolute Gasteiger partial charge is 0.507 e. The Balaban J connectivity index is 1.87. The molecule has 1 aliphatic rings. The van der Waals surface area contributed by atoms with Gasteiger partial charge in [0, 0.05) is 24.9 Å². The average Bonchev–Trinajstić information content (AvgIpc) is 3.17. The SMILES string of the molecule is COc1ccc(O)c(C=Nc2cccc(S(=O)(=O)N3CCCC3)c2)c1. The van der Waals surface area contributed by atoms with Gasteiger partial charge in [-0.2, -0.15) is 4.31 Å². The van der Waals surface area contributed by atoms with E-state index in [1.54, 1.807) is 43.5 Å². The van der Waals surface area contributed by atoms with Crippen LogP contribution in [0.2, 0.25) is 0 Å². The molecule has 2 aromatic rings. The van der Waals surface area contributed by atoms with Crippen molar-refractivity contribution in [3.63, 3.8) is 0 Å². The Kier molecular flexibility index (Phi) is 5.06. The van der Waals surface area contributed by atoms with E-state index >= 15 is 0 Å². The van der Waals surface area contributed by atoms with Crippen molar-refractivity contribution < 1.29 is 18.3 Å². The van der Waals surface area contributed by atoms with Gasteiger partial charge in [-0.15, -0.1) is 0 Å². The van der Waals surface area contributed by atoms with Crippen LogP contribution in [0.5, 0.6) is 11.5 Å². The number of hydrogen-bond donors (Lipinski definition) is 1. The van der Waals surface area contributed by atoms with Crippen molar-refractivity contribution in [2.24, 2.45) is 4.99 Å². The summed E-state index contributed by atoms with van der Waals surface area (Å²) in [6.07, 6.45) is 3.28. The van der Waals surface area contributed by atoms with Gasteiger partial charge in [0.1, 0.15) is 11.5 Å². The van der Waals surface area contributed by atoms with Gasteiger partial charge < -0.3 is 9.84 Å². The van der Waals surface area contributed by atoms with Crippen LogP contribution in [0.4, 0.5) is 5.69 Å². The molecule has 132 valence electrons. The number of hydrogen-bond acceptors (Lipinski definition) is 5. The molecule has 0 aromatic heterocycles. The summed E-state index contributed by atoms with van der Waals surface area (Å²) >= 11 is 0. The van der Waals surface area contributed by atoms with Crippen LogP contribution >= 0.6 is 0 Å². The summed E-state index contributed by atoms with van der Waals surface area (Å²) in [6, 6.07) is 11.3. The predicted octanol–water partition coefficient (Wildman–Crippen LogP) is 2.94.